The summed E-state index contributed by atoms with van der Waals surface area (Å²) in [6, 6.07) is 5.48. The van der Waals surface area contributed by atoms with Gasteiger partial charge in [-0.05, 0) is 11.6 Å². The maximum atomic E-state index is 5.85. The lowest BCUT2D eigenvalue weighted by Gasteiger charge is -2.12. The Morgan fingerprint density at radius 2 is 1.46 bits per heavy atom. The lowest BCUT2D eigenvalue weighted by atomic mass is 10.5. The predicted octanol–water partition coefficient (Wildman–Crippen LogP) is 0.0857. The van der Waals surface area contributed by atoms with Gasteiger partial charge in [-0.2, -0.15) is 4.57 Å². The highest BCUT2D eigenvalue weighted by Gasteiger charge is 2.38. The van der Waals surface area contributed by atoms with E-state index in [0.717, 1.165) is 0 Å². The van der Waals surface area contributed by atoms with E-state index in [2.05, 4.69) is 0 Å². The molecule has 1 aromatic heterocycles. The molecule has 1 unspecified atom stereocenters. The maximum Gasteiger partial charge on any atom is 0.279 e. The fourth-order valence-electron chi connectivity index (χ4n) is 0.732. The number of rotatable bonds is 1. The summed E-state index contributed by atoms with van der Waals surface area (Å²) in [4.78, 5) is 0. The second-order valence-corrected chi connectivity index (χ2v) is 4.98. The second-order valence-electron chi connectivity index (χ2n) is 2.20. The number of hydrogen-bond donors (Lipinski definition) is 0. The normalized spacial score (nSPS) is 13.2. The Hall–Kier alpha value is 0.600. The van der Waals surface area contributed by atoms with Crippen LogP contribution in [0.15, 0.2) is 30.6 Å². The predicted molar refractivity (Wildman–Crippen MR) is 51.8 cm³/mol. The van der Waals surface area contributed by atoms with E-state index in [0.29, 0.717) is 0 Å². The highest BCUT2D eigenvalue weighted by atomic mass is 35.6. The zero-order valence-corrected chi connectivity index (χ0v) is 10.1. The van der Waals surface area contributed by atoms with E-state index in [9.17, 15) is 0 Å². The Labute approximate surface area is 103 Å². The maximum absolute atomic E-state index is 5.85. The van der Waals surface area contributed by atoms with Gasteiger partial charge in [0.05, 0.1) is 0 Å². The fourth-order valence-corrected chi connectivity index (χ4v) is 1.20. The Bertz CT molecular complexity index is 245. The van der Waals surface area contributed by atoms with E-state index in [4.69, 9.17) is 46.4 Å². The second kappa shape index (κ2) is 5.47. The minimum atomic E-state index is -1.49. The molecule has 1 nitrogen and oxygen atoms in total. The van der Waals surface area contributed by atoms with Gasteiger partial charge >= 0.3 is 0 Å². The minimum absolute atomic E-state index is 0. The summed E-state index contributed by atoms with van der Waals surface area (Å²) >= 11 is 22.6. The van der Waals surface area contributed by atoms with Gasteiger partial charge in [0, 0.05) is 12.1 Å². The molecule has 0 fully saturated rings. The monoisotopic (exact) mass is 279 g/mol. The van der Waals surface area contributed by atoms with Crippen LogP contribution in [0.25, 0.3) is 0 Å². The van der Waals surface area contributed by atoms with Gasteiger partial charge in [0.25, 0.3) is 9.29 Å². The summed E-state index contributed by atoms with van der Waals surface area (Å²) in [6.45, 7) is 0. The van der Waals surface area contributed by atoms with Crippen LogP contribution in [0.5, 0.6) is 0 Å². The van der Waals surface area contributed by atoms with Crippen molar-refractivity contribution in [1.82, 2.24) is 0 Å². The average molecular weight is 281 g/mol. The van der Waals surface area contributed by atoms with Crippen molar-refractivity contribution in [1.29, 1.82) is 0 Å². The summed E-state index contributed by atoms with van der Waals surface area (Å²) in [7, 11) is 0. The first kappa shape index (κ1) is 13.6. The smallest absolute Gasteiger partial charge is 0.279 e. The van der Waals surface area contributed by atoms with Crippen molar-refractivity contribution < 1.29 is 17.0 Å². The van der Waals surface area contributed by atoms with Crippen molar-refractivity contribution in [3.8, 4) is 0 Å². The molecule has 0 bridgehead atoms. The summed E-state index contributed by atoms with van der Waals surface area (Å²) in [5, 5.41) is 0. The molecule has 0 aliphatic carbocycles. The van der Waals surface area contributed by atoms with Gasteiger partial charge < -0.3 is 12.4 Å². The van der Waals surface area contributed by atoms with Gasteiger partial charge in [0.2, 0.25) is 0 Å². The third-order valence-electron chi connectivity index (χ3n) is 1.27. The first-order valence-electron chi connectivity index (χ1n) is 3.18. The van der Waals surface area contributed by atoms with Gasteiger partial charge in [-0.1, -0.05) is 40.9 Å². The molecule has 0 aliphatic heterocycles. The lowest BCUT2D eigenvalue weighted by Crippen LogP contribution is -3.00. The number of aromatic nitrogens is 1. The van der Waals surface area contributed by atoms with E-state index in [-0.39, 0.29) is 12.4 Å². The standard InChI is InChI=1S/C7H6Cl4N.ClH/c8-6(7(9,10)11)12-4-2-1-3-5-12;/h1-6H;1H/q+1;/p-1. The molecule has 1 atom stereocenters. The topological polar surface area (TPSA) is 3.88 Å². The molecule has 1 rings (SSSR count). The van der Waals surface area contributed by atoms with Gasteiger partial charge in [-0.25, -0.2) is 0 Å². The van der Waals surface area contributed by atoms with Crippen LogP contribution < -0.4 is 17.0 Å². The Morgan fingerprint density at radius 1 is 1.00 bits per heavy atom. The number of alkyl halides is 4. The van der Waals surface area contributed by atoms with Gasteiger partial charge in [-0.15, -0.1) is 0 Å². The first-order valence-corrected chi connectivity index (χ1v) is 4.75. The largest absolute Gasteiger partial charge is 1.00 e. The molecule has 0 radical (unpaired) electrons. The van der Waals surface area contributed by atoms with Crippen molar-refractivity contribution in [3.05, 3.63) is 30.6 Å². The Kier molecular flexibility index (Phi) is 5.73. The molecule has 0 spiro atoms. The number of halogens is 5. The highest BCUT2D eigenvalue weighted by molar-refractivity contribution is 6.69. The molecule has 74 valence electrons. The molecule has 1 heterocycles. The molecule has 13 heavy (non-hydrogen) atoms. The molecule has 0 saturated heterocycles. The third kappa shape index (κ3) is 4.09. The van der Waals surface area contributed by atoms with Gasteiger partial charge in [-0.3, -0.25) is 0 Å². The quantitative estimate of drug-likeness (QED) is 0.507. The van der Waals surface area contributed by atoms with Crippen LogP contribution in [0, 0.1) is 0 Å². The zero-order chi connectivity index (χ0) is 9.19. The van der Waals surface area contributed by atoms with Crippen molar-refractivity contribution >= 4 is 46.4 Å². The molecular weight excluding hydrogens is 275 g/mol. The molecule has 0 saturated carbocycles. The molecule has 0 aromatic carbocycles. The van der Waals surface area contributed by atoms with E-state index in [1.54, 1.807) is 17.0 Å². The average Bonchev–Trinajstić information content (AvgIpc) is 2.03. The third-order valence-corrected chi connectivity index (χ3v) is 2.78. The number of pyridine rings is 1. The van der Waals surface area contributed by atoms with Gasteiger partial charge in [0.1, 0.15) is 0 Å². The van der Waals surface area contributed by atoms with E-state index < -0.39 is 9.29 Å². The van der Waals surface area contributed by atoms with Crippen LogP contribution in [0.2, 0.25) is 0 Å². The van der Waals surface area contributed by atoms with Crippen LogP contribution >= 0.6 is 46.4 Å². The number of nitrogens with zero attached hydrogens (tertiary/aromatic N) is 1. The van der Waals surface area contributed by atoms with Crippen LogP contribution in [-0.4, -0.2) is 3.79 Å². The Morgan fingerprint density at radius 3 is 1.85 bits per heavy atom. The molecular formula is C7H6Cl5N. The lowest BCUT2D eigenvalue weighted by molar-refractivity contribution is -0.701. The highest BCUT2D eigenvalue weighted by Crippen LogP contribution is 2.37. The fraction of sp³-hybridized carbons (Fsp3) is 0.286. The van der Waals surface area contributed by atoms with Crippen LogP contribution in [0.4, 0.5) is 0 Å². The van der Waals surface area contributed by atoms with Crippen LogP contribution in [-0.2, 0) is 0 Å². The first-order chi connectivity index (χ1) is 5.52. The van der Waals surface area contributed by atoms with Crippen molar-refractivity contribution in [2.24, 2.45) is 0 Å². The number of hydrogen-bond acceptors (Lipinski definition) is 0. The summed E-state index contributed by atoms with van der Waals surface area (Å²) < 4.78 is 0.127. The SMILES string of the molecule is ClC([n+]1ccccc1)C(Cl)(Cl)Cl.[Cl-]. The van der Waals surface area contributed by atoms with E-state index in [1.165, 1.54) is 0 Å². The van der Waals surface area contributed by atoms with Crippen molar-refractivity contribution in [3.63, 3.8) is 0 Å². The van der Waals surface area contributed by atoms with Crippen LogP contribution in [0.1, 0.15) is 5.50 Å². The van der Waals surface area contributed by atoms with Crippen molar-refractivity contribution in [2.45, 2.75) is 9.29 Å². The minimum Gasteiger partial charge on any atom is -1.00 e. The van der Waals surface area contributed by atoms with Crippen LogP contribution in [0.3, 0.4) is 0 Å². The zero-order valence-electron chi connectivity index (χ0n) is 6.30. The van der Waals surface area contributed by atoms with Crippen molar-refractivity contribution in [2.75, 3.05) is 0 Å². The molecule has 0 amide bonds. The van der Waals surface area contributed by atoms with Gasteiger partial charge in [0.15, 0.2) is 12.4 Å². The summed E-state index contributed by atoms with van der Waals surface area (Å²) in [6.07, 6.45) is 3.47. The summed E-state index contributed by atoms with van der Waals surface area (Å²) in [5.74, 6) is 0. The molecule has 6 heteroatoms. The van der Waals surface area contributed by atoms with E-state index in [1.807, 2.05) is 18.2 Å². The Balaban J connectivity index is 0.00000144. The van der Waals surface area contributed by atoms with E-state index >= 15 is 0 Å². The molecule has 0 N–H and O–H groups in total. The summed E-state index contributed by atoms with van der Waals surface area (Å²) in [5.41, 5.74) is -0.691. The molecule has 0 aliphatic rings. The molecule has 1 aromatic rings.